The number of carbonyl (C=O) groups is 3. The van der Waals surface area contributed by atoms with Gasteiger partial charge in [-0.15, -0.1) is 0 Å². The lowest BCUT2D eigenvalue weighted by Crippen LogP contribution is -2.54. The summed E-state index contributed by atoms with van der Waals surface area (Å²) in [5.74, 6) is -0.335. The molecule has 7 heteroatoms. The zero-order valence-corrected chi connectivity index (χ0v) is 14.3. The first kappa shape index (κ1) is 16.8. The first-order chi connectivity index (χ1) is 11.5. The van der Waals surface area contributed by atoms with E-state index in [0.29, 0.717) is 18.1 Å². The van der Waals surface area contributed by atoms with Gasteiger partial charge in [-0.3, -0.25) is 14.4 Å². The maximum absolute atomic E-state index is 12.6. The van der Waals surface area contributed by atoms with Gasteiger partial charge in [0.25, 0.3) is 0 Å². The molecule has 0 spiro atoms. The number of hydrogen-bond acceptors (Lipinski definition) is 3. The molecule has 3 amide bonds. The van der Waals surface area contributed by atoms with Gasteiger partial charge in [-0.2, -0.15) is 0 Å². The molecular formula is C17H20ClN3O3. The molecule has 0 radical (unpaired) electrons. The van der Waals surface area contributed by atoms with Gasteiger partial charge >= 0.3 is 0 Å². The van der Waals surface area contributed by atoms with Gasteiger partial charge < -0.3 is 15.1 Å². The summed E-state index contributed by atoms with van der Waals surface area (Å²) < 4.78 is 0. The van der Waals surface area contributed by atoms with E-state index >= 15 is 0 Å². The standard InChI is InChI=1S/C17H20ClN3O3/c1-19-15(22)9-20-6-7-21(10-16(20)23)17(24)13-8-12(13)11-4-2-3-5-14(11)18/h2-5,12-13H,6-10H2,1H3,(H,19,22)/t12-,13+/m0/s1. The molecule has 24 heavy (non-hydrogen) atoms. The highest BCUT2D eigenvalue weighted by Gasteiger charge is 2.47. The Bertz CT molecular complexity index is 679. The average Bonchev–Trinajstić information content (AvgIpc) is 3.36. The van der Waals surface area contributed by atoms with Crippen LogP contribution in [0.1, 0.15) is 17.9 Å². The molecule has 128 valence electrons. The fourth-order valence-corrected chi connectivity index (χ4v) is 3.41. The summed E-state index contributed by atoms with van der Waals surface area (Å²) in [6.07, 6.45) is 0.773. The number of halogens is 1. The molecule has 0 aromatic heterocycles. The molecule has 1 saturated heterocycles. The highest BCUT2D eigenvalue weighted by Crippen LogP contribution is 2.50. The molecule has 1 aromatic rings. The highest BCUT2D eigenvalue weighted by atomic mass is 35.5. The van der Waals surface area contributed by atoms with Crippen molar-refractivity contribution in [3.8, 4) is 0 Å². The quantitative estimate of drug-likeness (QED) is 0.876. The van der Waals surface area contributed by atoms with Crippen LogP contribution in [-0.4, -0.2) is 60.7 Å². The molecule has 0 unspecified atom stereocenters. The third-order valence-electron chi connectivity index (χ3n) is 4.66. The van der Waals surface area contributed by atoms with Gasteiger partial charge in [0.2, 0.25) is 17.7 Å². The molecule has 2 aliphatic rings. The van der Waals surface area contributed by atoms with Crippen LogP contribution in [0.3, 0.4) is 0 Å². The maximum Gasteiger partial charge on any atom is 0.242 e. The Morgan fingerprint density at radius 1 is 1.29 bits per heavy atom. The third-order valence-corrected chi connectivity index (χ3v) is 5.00. The minimum absolute atomic E-state index is 0.00728. The van der Waals surface area contributed by atoms with Gasteiger partial charge in [-0.25, -0.2) is 0 Å². The Hall–Kier alpha value is -2.08. The van der Waals surface area contributed by atoms with Gasteiger partial charge in [0.05, 0.1) is 13.1 Å². The Kier molecular flexibility index (Phi) is 4.76. The van der Waals surface area contributed by atoms with E-state index in [4.69, 9.17) is 11.6 Å². The summed E-state index contributed by atoms with van der Waals surface area (Å²) >= 11 is 6.20. The van der Waals surface area contributed by atoms with E-state index in [1.165, 1.54) is 11.9 Å². The Balaban J connectivity index is 1.57. The number of nitrogens with one attached hydrogen (secondary N) is 1. The first-order valence-corrected chi connectivity index (χ1v) is 8.40. The summed E-state index contributed by atoms with van der Waals surface area (Å²) in [4.78, 5) is 39.2. The van der Waals surface area contributed by atoms with E-state index in [1.54, 1.807) is 4.90 Å². The molecule has 0 bridgehead atoms. The van der Waals surface area contributed by atoms with Crippen molar-refractivity contribution < 1.29 is 14.4 Å². The van der Waals surface area contributed by atoms with Crippen LogP contribution in [0.5, 0.6) is 0 Å². The van der Waals surface area contributed by atoms with Crippen LogP contribution in [0.2, 0.25) is 5.02 Å². The van der Waals surface area contributed by atoms with E-state index < -0.39 is 0 Å². The van der Waals surface area contributed by atoms with Crippen molar-refractivity contribution in [2.24, 2.45) is 5.92 Å². The van der Waals surface area contributed by atoms with Crippen LogP contribution < -0.4 is 5.32 Å². The van der Waals surface area contributed by atoms with Gasteiger partial charge in [0, 0.05) is 31.1 Å². The molecule has 1 aliphatic heterocycles. The van der Waals surface area contributed by atoms with Gasteiger partial charge in [-0.05, 0) is 24.0 Å². The van der Waals surface area contributed by atoms with Crippen molar-refractivity contribution in [3.05, 3.63) is 34.9 Å². The predicted octanol–water partition coefficient (Wildman–Crippen LogP) is 0.860. The Morgan fingerprint density at radius 2 is 2.04 bits per heavy atom. The predicted molar refractivity (Wildman–Crippen MR) is 89.5 cm³/mol. The molecule has 1 heterocycles. The van der Waals surface area contributed by atoms with E-state index in [-0.39, 0.29) is 42.6 Å². The number of carbonyl (C=O) groups excluding carboxylic acids is 3. The second kappa shape index (κ2) is 6.81. The number of benzene rings is 1. The Morgan fingerprint density at radius 3 is 2.71 bits per heavy atom. The zero-order chi connectivity index (χ0) is 17.3. The summed E-state index contributed by atoms with van der Waals surface area (Å²) in [5, 5.41) is 3.18. The van der Waals surface area contributed by atoms with E-state index in [0.717, 1.165) is 12.0 Å². The number of amides is 3. The molecule has 2 fully saturated rings. The van der Waals surface area contributed by atoms with Crippen molar-refractivity contribution >= 4 is 29.3 Å². The minimum atomic E-state index is -0.205. The van der Waals surface area contributed by atoms with E-state index in [2.05, 4.69) is 5.32 Å². The molecule has 1 saturated carbocycles. The zero-order valence-electron chi connectivity index (χ0n) is 13.5. The van der Waals surface area contributed by atoms with Crippen LogP contribution in [0.25, 0.3) is 0 Å². The fraction of sp³-hybridized carbons (Fsp3) is 0.471. The van der Waals surface area contributed by atoms with E-state index in [9.17, 15) is 14.4 Å². The van der Waals surface area contributed by atoms with Crippen LogP contribution in [0.4, 0.5) is 0 Å². The van der Waals surface area contributed by atoms with Gasteiger partial charge in [-0.1, -0.05) is 29.8 Å². The SMILES string of the molecule is CNC(=O)CN1CCN(C(=O)[C@@H]2C[C@H]2c2ccccc2Cl)CC1=O. The monoisotopic (exact) mass is 349 g/mol. The number of likely N-dealkylation sites (N-methyl/N-ethyl adjacent to an activating group) is 1. The van der Waals surface area contributed by atoms with Crippen molar-refractivity contribution in [1.82, 2.24) is 15.1 Å². The van der Waals surface area contributed by atoms with Crippen LogP contribution in [0, 0.1) is 5.92 Å². The lowest BCUT2D eigenvalue weighted by Gasteiger charge is -2.34. The minimum Gasteiger partial charge on any atom is -0.358 e. The van der Waals surface area contributed by atoms with Crippen LogP contribution in [-0.2, 0) is 14.4 Å². The van der Waals surface area contributed by atoms with E-state index in [1.807, 2.05) is 24.3 Å². The van der Waals surface area contributed by atoms with Gasteiger partial charge in [0.1, 0.15) is 0 Å². The molecule has 1 N–H and O–H groups in total. The molecule has 2 atom stereocenters. The van der Waals surface area contributed by atoms with Crippen LogP contribution in [0.15, 0.2) is 24.3 Å². The summed E-state index contributed by atoms with van der Waals surface area (Å²) in [7, 11) is 1.54. The summed E-state index contributed by atoms with van der Waals surface area (Å²) in [6.45, 7) is 0.944. The summed E-state index contributed by atoms with van der Waals surface area (Å²) in [6, 6.07) is 7.57. The van der Waals surface area contributed by atoms with Gasteiger partial charge in [0.15, 0.2) is 0 Å². The molecule has 6 nitrogen and oxygen atoms in total. The van der Waals surface area contributed by atoms with Crippen molar-refractivity contribution in [1.29, 1.82) is 0 Å². The first-order valence-electron chi connectivity index (χ1n) is 8.03. The van der Waals surface area contributed by atoms with Crippen LogP contribution >= 0.6 is 11.6 Å². The molecule has 3 rings (SSSR count). The van der Waals surface area contributed by atoms with Crippen molar-refractivity contribution in [2.45, 2.75) is 12.3 Å². The second-order valence-electron chi connectivity index (χ2n) is 6.22. The Labute approximate surface area is 145 Å². The third kappa shape index (κ3) is 3.38. The van der Waals surface area contributed by atoms with Crippen molar-refractivity contribution in [2.75, 3.05) is 33.2 Å². The lowest BCUT2D eigenvalue weighted by atomic mass is 10.1. The number of hydrogen-bond donors (Lipinski definition) is 1. The molecule has 1 aliphatic carbocycles. The normalized spacial score (nSPS) is 23.2. The van der Waals surface area contributed by atoms with Crippen molar-refractivity contribution in [3.63, 3.8) is 0 Å². The smallest absolute Gasteiger partial charge is 0.242 e. The largest absolute Gasteiger partial charge is 0.358 e. The number of nitrogens with zero attached hydrogens (tertiary/aromatic N) is 2. The maximum atomic E-state index is 12.6. The molecular weight excluding hydrogens is 330 g/mol. The average molecular weight is 350 g/mol. The summed E-state index contributed by atoms with van der Waals surface area (Å²) in [5.41, 5.74) is 1.00. The lowest BCUT2D eigenvalue weighted by molar-refractivity contribution is -0.147. The second-order valence-corrected chi connectivity index (χ2v) is 6.63. The highest BCUT2D eigenvalue weighted by molar-refractivity contribution is 6.31. The topological polar surface area (TPSA) is 69.7 Å². The number of rotatable bonds is 4. The molecule has 1 aromatic carbocycles. The fourth-order valence-electron chi connectivity index (χ4n) is 3.14. The number of piperazine rings is 1.